The van der Waals surface area contributed by atoms with Gasteiger partial charge in [0, 0.05) is 11.6 Å². The Morgan fingerprint density at radius 2 is 1.84 bits per heavy atom. The van der Waals surface area contributed by atoms with Gasteiger partial charge in [0.1, 0.15) is 17.2 Å². The molecule has 2 aromatic carbocycles. The SMILES string of the molecule is COc1ccc(OC)c(/C=C/C(=O)Nc2ccccc2OC(F)F)c1. The second kappa shape index (κ2) is 8.68. The highest BCUT2D eigenvalue weighted by Crippen LogP contribution is 2.27. The van der Waals surface area contributed by atoms with Gasteiger partial charge in [-0.25, -0.2) is 0 Å². The first-order valence-electron chi connectivity index (χ1n) is 7.28. The van der Waals surface area contributed by atoms with Crippen molar-refractivity contribution in [2.24, 2.45) is 0 Å². The van der Waals surface area contributed by atoms with Crippen LogP contribution >= 0.6 is 0 Å². The van der Waals surface area contributed by atoms with Crippen molar-refractivity contribution in [3.8, 4) is 17.2 Å². The molecule has 0 aliphatic carbocycles. The van der Waals surface area contributed by atoms with Gasteiger partial charge in [-0.15, -0.1) is 0 Å². The lowest BCUT2D eigenvalue weighted by Crippen LogP contribution is -2.11. The number of carbonyl (C=O) groups excluding carboxylic acids is 1. The first-order chi connectivity index (χ1) is 12.0. The van der Waals surface area contributed by atoms with E-state index in [4.69, 9.17) is 9.47 Å². The van der Waals surface area contributed by atoms with Crippen LogP contribution in [-0.2, 0) is 4.79 Å². The lowest BCUT2D eigenvalue weighted by Gasteiger charge is -2.10. The number of anilines is 1. The highest BCUT2D eigenvalue weighted by Gasteiger charge is 2.10. The van der Waals surface area contributed by atoms with E-state index in [0.717, 1.165) is 0 Å². The van der Waals surface area contributed by atoms with Crippen LogP contribution in [-0.4, -0.2) is 26.7 Å². The summed E-state index contributed by atoms with van der Waals surface area (Å²) < 4.78 is 39.5. The van der Waals surface area contributed by atoms with E-state index in [1.54, 1.807) is 24.3 Å². The molecule has 0 aliphatic heterocycles. The maximum absolute atomic E-state index is 12.4. The molecule has 1 amide bonds. The molecule has 7 heteroatoms. The van der Waals surface area contributed by atoms with Gasteiger partial charge in [-0.2, -0.15) is 8.78 Å². The average Bonchev–Trinajstić information content (AvgIpc) is 2.61. The van der Waals surface area contributed by atoms with E-state index in [0.29, 0.717) is 17.1 Å². The predicted molar refractivity (Wildman–Crippen MR) is 90.3 cm³/mol. The van der Waals surface area contributed by atoms with Crippen molar-refractivity contribution in [3.63, 3.8) is 0 Å². The fraction of sp³-hybridized carbons (Fsp3) is 0.167. The van der Waals surface area contributed by atoms with Gasteiger partial charge >= 0.3 is 6.61 Å². The number of halogens is 2. The Labute approximate surface area is 143 Å². The van der Waals surface area contributed by atoms with Crippen LogP contribution in [0.3, 0.4) is 0 Å². The van der Waals surface area contributed by atoms with E-state index in [-0.39, 0.29) is 11.4 Å². The molecule has 0 atom stereocenters. The number of para-hydroxylation sites is 2. The number of carbonyl (C=O) groups is 1. The molecule has 0 heterocycles. The molecule has 2 rings (SSSR count). The molecule has 0 spiro atoms. The van der Waals surface area contributed by atoms with Gasteiger partial charge in [-0.3, -0.25) is 4.79 Å². The number of nitrogens with one attached hydrogen (secondary N) is 1. The molecular weight excluding hydrogens is 332 g/mol. The third kappa shape index (κ3) is 5.20. The fourth-order valence-electron chi connectivity index (χ4n) is 2.08. The Bertz CT molecular complexity index is 762. The monoisotopic (exact) mass is 349 g/mol. The minimum Gasteiger partial charge on any atom is -0.497 e. The molecule has 0 bridgehead atoms. The molecular formula is C18H17F2NO4. The number of methoxy groups -OCH3 is 2. The standard InChI is InChI=1S/C18H17F2NO4/c1-23-13-8-9-15(24-2)12(11-13)7-10-17(22)21-14-5-3-4-6-16(14)25-18(19)20/h3-11,18H,1-2H3,(H,21,22)/b10-7+. The first kappa shape index (κ1) is 18.3. The lowest BCUT2D eigenvalue weighted by atomic mass is 10.1. The zero-order valence-corrected chi connectivity index (χ0v) is 13.7. The van der Waals surface area contributed by atoms with E-state index >= 15 is 0 Å². The van der Waals surface area contributed by atoms with Gasteiger partial charge < -0.3 is 19.5 Å². The molecule has 1 N–H and O–H groups in total. The Balaban J connectivity index is 2.14. The molecule has 0 saturated carbocycles. The number of benzene rings is 2. The zero-order valence-electron chi connectivity index (χ0n) is 13.7. The largest absolute Gasteiger partial charge is 0.497 e. The maximum Gasteiger partial charge on any atom is 0.387 e. The van der Waals surface area contributed by atoms with Crippen molar-refractivity contribution in [2.45, 2.75) is 6.61 Å². The van der Waals surface area contributed by atoms with E-state index in [2.05, 4.69) is 10.1 Å². The quantitative estimate of drug-likeness (QED) is 0.769. The maximum atomic E-state index is 12.4. The second-order valence-corrected chi connectivity index (χ2v) is 4.81. The molecule has 0 radical (unpaired) electrons. The summed E-state index contributed by atoms with van der Waals surface area (Å²) in [5, 5.41) is 2.50. The number of ether oxygens (including phenoxy) is 3. The number of amides is 1. The summed E-state index contributed by atoms with van der Waals surface area (Å²) in [5.74, 6) is 0.552. The fourth-order valence-corrected chi connectivity index (χ4v) is 2.08. The Morgan fingerprint density at radius 1 is 1.08 bits per heavy atom. The van der Waals surface area contributed by atoms with Crippen molar-refractivity contribution in [1.82, 2.24) is 0 Å². The summed E-state index contributed by atoms with van der Waals surface area (Å²) in [4.78, 5) is 12.1. The molecule has 0 aliphatic rings. The van der Waals surface area contributed by atoms with Gasteiger partial charge in [0.05, 0.1) is 19.9 Å². The van der Waals surface area contributed by atoms with Crippen LogP contribution in [0.4, 0.5) is 14.5 Å². The summed E-state index contributed by atoms with van der Waals surface area (Å²) in [7, 11) is 3.04. The summed E-state index contributed by atoms with van der Waals surface area (Å²) >= 11 is 0. The number of hydrogen-bond acceptors (Lipinski definition) is 4. The number of alkyl halides is 2. The topological polar surface area (TPSA) is 56.8 Å². The van der Waals surface area contributed by atoms with Crippen LogP contribution in [0.25, 0.3) is 6.08 Å². The predicted octanol–water partition coefficient (Wildman–Crippen LogP) is 3.96. The molecule has 132 valence electrons. The van der Waals surface area contributed by atoms with Crippen molar-refractivity contribution >= 4 is 17.7 Å². The van der Waals surface area contributed by atoms with Gasteiger partial charge in [0.25, 0.3) is 0 Å². The van der Waals surface area contributed by atoms with E-state index in [9.17, 15) is 13.6 Å². The molecule has 0 saturated heterocycles. The zero-order chi connectivity index (χ0) is 18.2. The van der Waals surface area contributed by atoms with Crippen LogP contribution in [0.5, 0.6) is 17.2 Å². The van der Waals surface area contributed by atoms with E-state index in [1.165, 1.54) is 44.6 Å². The Kier molecular flexibility index (Phi) is 6.33. The third-order valence-electron chi connectivity index (χ3n) is 3.21. The van der Waals surface area contributed by atoms with Crippen molar-refractivity contribution in [1.29, 1.82) is 0 Å². The molecule has 0 unspecified atom stereocenters. The average molecular weight is 349 g/mol. The second-order valence-electron chi connectivity index (χ2n) is 4.81. The summed E-state index contributed by atoms with van der Waals surface area (Å²) in [6.45, 7) is -2.98. The number of hydrogen-bond donors (Lipinski definition) is 1. The van der Waals surface area contributed by atoms with Crippen molar-refractivity contribution in [3.05, 3.63) is 54.1 Å². The summed E-state index contributed by atoms with van der Waals surface area (Å²) in [6.07, 6.45) is 2.80. The first-order valence-corrected chi connectivity index (χ1v) is 7.28. The molecule has 2 aromatic rings. The van der Waals surface area contributed by atoms with Crippen LogP contribution < -0.4 is 19.5 Å². The highest BCUT2D eigenvalue weighted by atomic mass is 19.3. The van der Waals surface area contributed by atoms with Crippen LogP contribution in [0.1, 0.15) is 5.56 Å². The summed E-state index contributed by atoms with van der Waals surface area (Å²) in [5.41, 5.74) is 0.782. The van der Waals surface area contributed by atoms with E-state index in [1.807, 2.05) is 0 Å². The minimum atomic E-state index is -2.98. The van der Waals surface area contributed by atoms with Gasteiger partial charge in [-0.1, -0.05) is 12.1 Å². The smallest absolute Gasteiger partial charge is 0.387 e. The molecule has 0 fully saturated rings. The third-order valence-corrected chi connectivity index (χ3v) is 3.21. The Morgan fingerprint density at radius 3 is 2.52 bits per heavy atom. The van der Waals surface area contributed by atoms with Crippen LogP contribution in [0.2, 0.25) is 0 Å². The van der Waals surface area contributed by atoms with Crippen LogP contribution in [0, 0.1) is 0 Å². The van der Waals surface area contributed by atoms with Crippen molar-refractivity contribution < 1.29 is 27.8 Å². The highest BCUT2D eigenvalue weighted by molar-refractivity contribution is 6.03. The minimum absolute atomic E-state index is 0.113. The lowest BCUT2D eigenvalue weighted by molar-refractivity contribution is -0.111. The van der Waals surface area contributed by atoms with Gasteiger partial charge in [0.2, 0.25) is 5.91 Å². The summed E-state index contributed by atoms with van der Waals surface area (Å²) in [6, 6.07) is 11.1. The molecule has 5 nitrogen and oxygen atoms in total. The van der Waals surface area contributed by atoms with Crippen molar-refractivity contribution in [2.75, 3.05) is 19.5 Å². The Hall–Kier alpha value is -3.09. The van der Waals surface area contributed by atoms with E-state index < -0.39 is 12.5 Å². The van der Waals surface area contributed by atoms with Gasteiger partial charge in [-0.05, 0) is 36.4 Å². The molecule has 25 heavy (non-hydrogen) atoms. The normalized spacial score (nSPS) is 10.8. The van der Waals surface area contributed by atoms with Gasteiger partial charge in [0.15, 0.2) is 0 Å². The van der Waals surface area contributed by atoms with Crippen LogP contribution in [0.15, 0.2) is 48.5 Å². The number of rotatable bonds is 7. The molecule has 0 aromatic heterocycles.